The molecule has 0 radical (unpaired) electrons. The number of nitrogens with zero attached hydrogens (tertiary/aromatic N) is 1. The molecule has 0 saturated heterocycles. The van der Waals surface area contributed by atoms with E-state index in [2.05, 4.69) is 30.1 Å². The first kappa shape index (κ1) is 107. The van der Waals surface area contributed by atoms with Gasteiger partial charge in [-0.25, -0.2) is 29.6 Å². The van der Waals surface area contributed by atoms with Crippen molar-refractivity contribution in [2.45, 2.75) is 111 Å². The van der Waals surface area contributed by atoms with E-state index in [-0.39, 0.29) is 148 Å². The third-order valence-corrected chi connectivity index (χ3v) is 27.6. The van der Waals surface area contributed by atoms with Crippen LogP contribution in [-0.2, 0) is 76.4 Å². The van der Waals surface area contributed by atoms with Crippen molar-refractivity contribution >= 4 is 122 Å². The maximum Gasteiger partial charge on any atom is 0.326 e. The lowest BCUT2D eigenvalue weighted by Crippen LogP contribution is -2.49. The molecule has 3 unspecified atom stereocenters. The van der Waals surface area contributed by atoms with Crippen LogP contribution in [0.1, 0.15) is 77.8 Å². The van der Waals surface area contributed by atoms with Crippen LogP contribution in [0.2, 0.25) is 5.02 Å². The number of aryl methyl sites for hydroxylation is 3. The Labute approximate surface area is 832 Å². The molecule has 34 nitrogen and oxygen atoms in total. The zero-order valence-electron chi connectivity index (χ0n) is 79.6. The van der Waals surface area contributed by atoms with Crippen molar-refractivity contribution in [2.75, 3.05) is 94.0 Å². The Morgan fingerprint density at radius 2 is 0.930 bits per heavy atom. The number of fused-ring (bicyclic) bond motifs is 3. The first-order chi connectivity index (χ1) is 68.4. The number of hydrogen-bond donors (Lipinski definition) is 6. The summed E-state index contributed by atoms with van der Waals surface area (Å²) in [6.45, 7) is 9.11. The number of carbonyl (C=O) groups excluding carboxylic acids is 6. The number of thioether (sulfide) groups is 1. The van der Waals surface area contributed by atoms with Crippen molar-refractivity contribution in [1.82, 2.24) is 34.7 Å². The van der Waals surface area contributed by atoms with Crippen molar-refractivity contribution < 1.29 is 115 Å². The number of aromatic nitrogens is 1. The molecule has 13 aromatic rings. The summed E-state index contributed by atoms with van der Waals surface area (Å²) in [6, 6.07) is 53.3. The predicted molar refractivity (Wildman–Crippen MR) is 536 cm³/mol. The molecule has 1 fully saturated rings. The van der Waals surface area contributed by atoms with Crippen LogP contribution in [0.15, 0.2) is 261 Å². The Morgan fingerprint density at radius 1 is 0.476 bits per heavy atom. The van der Waals surface area contributed by atoms with E-state index in [9.17, 15) is 72.8 Å². The number of methoxy groups -OCH3 is 4. The summed E-state index contributed by atoms with van der Waals surface area (Å²) >= 11 is 7.51. The minimum absolute atomic E-state index is 0.00893. The zero-order chi connectivity index (χ0) is 103. The summed E-state index contributed by atoms with van der Waals surface area (Å²) in [5, 5.41) is 8.14. The molecule has 40 heteroatoms. The summed E-state index contributed by atoms with van der Waals surface area (Å²) in [7, 11) is -6.22. The number of halogens is 2. The van der Waals surface area contributed by atoms with Gasteiger partial charge in [0.15, 0.2) is 23.0 Å². The van der Waals surface area contributed by atoms with E-state index in [0.29, 0.717) is 73.2 Å². The highest BCUT2D eigenvalue weighted by Gasteiger charge is 2.34. The van der Waals surface area contributed by atoms with Crippen LogP contribution in [0.4, 0.5) is 4.39 Å². The maximum absolute atomic E-state index is 14.1. The van der Waals surface area contributed by atoms with Gasteiger partial charge >= 0.3 is 11.9 Å². The van der Waals surface area contributed by atoms with Crippen LogP contribution in [0.25, 0.3) is 55.5 Å². The Bertz CT molecular complexity index is 7360. The van der Waals surface area contributed by atoms with Crippen molar-refractivity contribution in [3.63, 3.8) is 0 Å². The van der Waals surface area contributed by atoms with Crippen LogP contribution in [-0.4, -0.2) is 177 Å². The van der Waals surface area contributed by atoms with Gasteiger partial charge in [-0.1, -0.05) is 101 Å². The van der Waals surface area contributed by atoms with Crippen LogP contribution in [0, 0.1) is 26.6 Å². The third-order valence-electron chi connectivity index (χ3n) is 22.1. The summed E-state index contributed by atoms with van der Waals surface area (Å²) in [5.41, 5.74) is 4.54. The molecule has 1 aliphatic carbocycles. The summed E-state index contributed by atoms with van der Waals surface area (Å²) in [6.07, 6.45) is 4.96. The fraction of sp³-hybridized carbons (Fsp3) is 0.272. The molecular formula is C103H105ClFN7O27S4. The molecule has 3 atom stereocenters. The second-order valence-corrected chi connectivity index (χ2v) is 38.8. The van der Waals surface area contributed by atoms with Crippen molar-refractivity contribution in [2.24, 2.45) is 0 Å². The SMILES string of the molecule is CC(=O)C(CNC(=O)c1cn(C2CC2)c2cc(Cl)c(F)cc2c1=O)NS(=O)(=O)c1ccc(C)cc1.CCOC(=O)C(CNC(=O)Cc1ccc(OCCOc2c(-c3ccc(OC)c(OC)c3)oc3cc(OC)cc(OC)c3c2=O)cc1)NS(=O)(=O)c1ccc(C)cc1.CCOC(=O)C(CNC(=O)Cc1ccc(OCCOc2c(-c3ccc(SC)cc3)oc3ccccc3c2=O)cc1)NS(=O)(=O)c1ccc(C)cc1. The number of Topliss-reactive ketones (excluding diaryl/α,β-unsaturated/α-hetero) is 1. The first-order valence-corrected chi connectivity index (χ1v) is 50.8. The van der Waals surface area contributed by atoms with Gasteiger partial charge in [-0.3, -0.25) is 43.2 Å². The number of pyridine rings is 1. The lowest BCUT2D eigenvalue weighted by atomic mass is 10.1. The Hall–Kier alpha value is -14.5. The number of benzene rings is 10. The lowest BCUT2D eigenvalue weighted by Gasteiger charge is -2.18. The Morgan fingerprint density at radius 3 is 1.40 bits per heavy atom. The smallest absolute Gasteiger partial charge is 0.326 e. The van der Waals surface area contributed by atoms with Gasteiger partial charge in [-0.2, -0.15) is 14.2 Å². The molecule has 3 aromatic heterocycles. The van der Waals surface area contributed by atoms with Gasteiger partial charge in [0.25, 0.3) is 5.91 Å². The van der Waals surface area contributed by atoms with E-state index in [0.717, 1.165) is 40.5 Å². The number of amides is 3. The van der Waals surface area contributed by atoms with Crippen LogP contribution in [0.3, 0.4) is 0 Å². The molecule has 0 aliphatic heterocycles. The molecule has 3 heterocycles. The highest BCUT2D eigenvalue weighted by Crippen LogP contribution is 2.42. The third kappa shape index (κ3) is 28.3. The zero-order valence-corrected chi connectivity index (χ0v) is 83.7. The van der Waals surface area contributed by atoms with Gasteiger partial charge in [0, 0.05) is 65.4 Å². The lowest BCUT2D eigenvalue weighted by molar-refractivity contribution is -0.146. The normalized spacial score (nSPS) is 12.5. The quantitative estimate of drug-likeness (QED) is 0.0117. The molecular weight excluding hydrogens is 1950 g/mol. The molecule has 6 N–H and O–H groups in total. The average molecular weight is 2060 g/mol. The highest BCUT2D eigenvalue weighted by molar-refractivity contribution is 7.98. The van der Waals surface area contributed by atoms with Gasteiger partial charge in [0.1, 0.15) is 95.2 Å². The Kier molecular flexibility index (Phi) is 37.0. The molecule has 3 amide bonds. The second-order valence-electron chi connectivity index (χ2n) is 32.4. The molecule has 0 bridgehead atoms. The average Bonchev–Trinajstić information content (AvgIpc) is 1.37. The number of nitrogens with one attached hydrogen (secondary N) is 6. The fourth-order valence-corrected chi connectivity index (χ4v) is 18.6. The summed E-state index contributed by atoms with van der Waals surface area (Å²) in [5.74, 6) is -1.53. The van der Waals surface area contributed by atoms with E-state index >= 15 is 0 Å². The van der Waals surface area contributed by atoms with E-state index in [1.807, 2.05) is 51.3 Å². The molecule has 752 valence electrons. The van der Waals surface area contributed by atoms with Crippen molar-refractivity contribution in [3.05, 3.63) is 293 Å². The summed E-state index contributed by atoms with van der Waals surface area (Å²) < 4.78 is 168. The topological polar surface area (TPSA) is 452 Å². The van der Waals surface area contributed by atoms with E-state index in [4.69, 9.17) is 67.8 Å². The Balaban J connectivity index is 0.000000197. The number of para-hydroxylation sites is 1. The summed E-state index contributed by atoms with van der Waals surface area (Å²) in [4.78, 5) is 117. The minimum Gasteiger partial charge on any atom is -0.496 e. The van der Waals surface area contributed by atoms with E-state index in [1.54, 1.807) is 170 Å². The van der Waals surface area contributed by atoms with Gasteiger partial charge in [0.05, 0.1) is 91.1 Å². The standard InChI is InChI=1S/C41H44N2O13S.C38H38N2O9S2.C24H23ClFN3O5S/c1-7-53-41(46)31(43-57(47,48)30-15-8-25(2)9-16-30)24-42-36(44)20-26-10-13-28(14-11-26)54-18-19-55-40-38(45)37-34(52-6)22-29(49-3)23-35(37)56-39(40)27-12-17-32(50-4)33(21-27)51-5;1-4-46-38(43)32(40-51(44,45)30-19-9-25(2)10-20-30)24-39-34(41)23-26-11-15-28(16-12-26)47-21-22-48-37-35(42)31-7-5-6-8-33(31)49-36(37)27-13-17-29(50-3)18-14-27;1-13-3-7-16(8-4-13)35(33,34)28-21(14(2)30)11-27-24(32)18-12-29(15-5-6-15)22-10-19(25)20(26)9-17(22)23(18)31/h8-17,21-23,31,43H,7,18-20,24H2,1-6H3,(H,42,44);5-20,32,40H,4,21-24H2,1-3H3,(H,39,41);3-4,7-10,12,15,21,28H,5-6,11H2,1-2H3,(H,27,32). The molecule has 0 spiro atoms. The van der Waals surface area contributed by atoms with E-state index < -0.39 is 100 Å². The number of sulfonamides is 3. The van der Waals surface area contributed by atoms with Crippen molar-refractivity contribution in [3.8, 4) is 68.6 Å². The van der Waals surface area contributed by atoms with Crippen LogP contribution in [0.5, 0.6) is 46.0 Å². The largest absolute Gasteiger partial charge is 0.496 e. The maximum atomic E-state index is 14.1. The van der Waals surface area contributed by atoms with Gasteiger partial charge < -0.3 is 76.7 Å². The van der Waals surface area contributed by atoms with Crippen molar-refractivity contribution in [1.29, 1.82) is 0 Å². The minimum atomic E-state index is -4.08. The molecule has 1 aliphatic rings. The monoisotopic (exact) mass is 2050 g/mol. The number of ketones is 1. The first-order valence-electron chi connectivity index (χ1n) is 44.8. The number of carbonyl (C=O) groups is 6. The number of hydrogen-bond acceptors (Lipinski definition) is 28. The molecule has 14 rings (SSSR count). The number of ether oxygens (including phenoxy) is 10. The van der Waals surface area contributed by atoms with Gasteiger partial charge in [0.2, 0.25) is 69.7 Å². The molecule has 10 aromatic carbocycles. The fourth-order valence-electron chi connectivity index (χ4n) is 14.4. The van der Waals surface area contributed by atoms with Gasteiger partial charge in [-0.15, -0.1) is 11.8 Å². The van der Waals surface area contributed by atoms with Crippen LogP contribution >= 0.6 is 23.4 Å². The van der Waals surface area contributed by atoms with E-state index in [1.165, 1.54) is 84.0 Å². The number of rotatable bonds is 43. The highest BCUT2D eigenvalue weighted by atomic mass is 35.5. The van der Waals surface area contributed by atoms with Gasteiger partial charge in [-0.05, 0) is 199 Å². The van der Waals surface area contributed by atoms with Crippen LogP contribution < -0.4 is 84.3 Å². The number of esters is 2. The second kappa shape index (κ2) is 49.3. The predicted octanol–water partition coefficient (Wildman–Crippen LogP) is 13.4. The molecule has 1 saturated carbocycles. The molecule has 143 heavy (non-hydrogen) atoms.